The fraction of sp³-hybridized carbons (Fsp3) is 0.524. The number of carbonyl (C=O) groups is 1. The molecule has 4 rings (SSSR count). The summed E-state index contributed by atoms with van der Waals surface area (Å²) >= 11 is 1.55. The summed E-state index contributed by atoms with van der Waals surface area (Å²) < 4.78 is 17.1. The molecule has 0 aliphatic carbocycles. The number of hydrogen-bond donors (Lipinski definition) is 0. The molecular formula is C21H26N2O4S. The van der Waals surface area contributed by atoms with Gasteiger partial charge in [-0.1, -0.05) is 12.1 Å². The molecule has 7 heteroatoms. The minimum atomic E-state index is -0.284. The predicted molar refractivity (Wildman–Crippen MR) is 107 cm³/mol. The highest BCUT2D eigenvalue weighted by atomic mass is 32.1. The highest BCUT2D eigenvalue weighted by molar-refractivity contribution is 7.13. The number of nitrogens with zero attached hydrogens (tertiary/aromatic N) is 2. The van der Waals surface area contributed by atoms with Crippen molar-refractivity contribution in [3.63, 3.8) is 0 Å². The first-order chi connectivity index (χ1) is 13.8. The number of para-hydroxylation sites is 1. The SMILES string of the molecule is CCOc1ccccc1-c1nc(CC(=O)N2CCCCC2C2OCCO2)cs1. The fourth-order valence-corrected chi connectivity index (χ4v) is 4.69. The molecule has 0 N–H and O–H groups in total. The van der Waals surface area contributed by atoms with Crippen LogP contribution in [0.5, 0.6) is 5.75 Å². The van der Waals surface area contributed by atoms with Crippen molar-refractivity contribution < 1.29 is 19.0 Å². The average Bonchev–Trinajstić information content (AvgIpc) is 3.41. The second kappa shape index (κ2) is 9.03. The molecule has 2 fully saturated rings. The lowest BCUT2D eigenvalue weighted by Crippen LogP contribution is -2.50. The van der Waals surface area contributed by atoms with Gasteiger partial charge in [0.1, 0.15) is 10.8 Å². The van der Waals surface area contributed by atoms with Gasteiger partial charge in [0.2, 0.25) is 5.91 Å². The molecule has 1 unspecified atom stereocenters. The Morgan fingerprint density at radius 3 is 2.93 bits per heavy atom. The van der Waals surface area contributed by atoms with Crippen LogP contribution in [0.1, 0.15) is 31.9 Å². The zero-order chi connectivity index (χ0) is 19.3. The quantitative estimate of drug-likeness (QED) is 0.740. The highest BCUT2D eigenvalue weighted by Crippen LogP contribution is 2.32. The molecule has 1 aromatic carbocycles. The first-order valence-electron chi connectivity index (χ1n) is 9.95. The van der Waals surface area contributed by atoms with Crippen LogP contribution in [-0.2, 0) is 20.7 Å². The van der Waals surface area contributed by atoms with E-state index < -0.39 is 0 Å². The van der Waals surface area contributed by atoms with E-state index in [2.05, 4.69) is 0 Å². The van der Waals surface area contributed by atoms with E-state index in [-0.39, 0.29) is 18.2 Å². The Morgan fingerprint density at radius 1 is 1.29 bits per heavy atom. The minimum absolute atomic E-state index is 0.0144. The summed E-state index contributed by atoms with van der Waals surface area (Å²) in [7, 11) is 0. The molecule has 2 aliphatic rings. The van der Waals surface area contributed by atoms with Gasteiger partial charge in [-0.3, -0.25) is 4.79 Å². The number of likely N-dealkylation sites (tertiary alicyclic amines) is 1. The molecule has 1 atom stereocenters. The molecule has 0 radical (unpaired) electrons. The number of piperidine rings is 1. The van der Waals surface area contributed by atoms with Crippen LogP contribution in [-0.4, -0.2) is 54.5 Å². The van der Waals surface area contributed by atoms with Crippen molar-refractivity contribution in [1.29, 1.82) is 0 Å². The van der Waals surface area contributed by atoms with Crippen molar-refractivity contribution in [2.75, 3.05) is 26.4 Å². The third-order valence-corrected chi connectivity index (χ3v) is 6.06. The van der Waals surface area contributed by atoms with E-state index in [1.807, 2.05) is 41.5 Å². The van der Waals surface area contributed by atoms with E-state index in [0.717, 1.165) is 47.8 Å². The van der Waals surface area contributed by atoms with Gasteiger partial charge in [0.05, 0.1) is 43.5 Å². The van der Waals surface area contributed by atoms with Crippen LogP contribution in [0.25, 0.3) is 10.6 Å². The van der Waals surface area contributed by atoms with Crippen LogP contribution < -0.4 is 4.74 Å². The molecule has 28 heavy (non-hydrogen) atoms. The summed E-state index contributed by atoms with van der Waals surface area (Å²) in [5.74, 6) is 0.919. The maximum Gasteiger partial charge on any atom is 0.229 e. The van der Waals surface area contributed by atoms with Crippen LogP contribution in [0.3, 0.4) is 0 Å². The zero-order valence-electron chi connectivity index (χ0n) is 16.1. The molecule has 6 nitrogen and oxygen atoms in total. The molecule has 2 aliphatic heterocycles. The Morgan fingerprint density at radius 2 is 2.11 bits per heavy atom. The number of amides is 1. The summed E-state index contributed by atoms with van der Waals surface area (Å²) in [6, 6.07) is 7.90. The van der Waals surface area contributed by atoms with E-state index in [4.69, 9.17) is 19.2 Å². The van der Waals surface area contributed by atoms with Crippen molar-refractivity contribution in [3.8, 4) is 16.3 Å². The third kappa shape index (κ3) is 4.21. The minimum Gasteiger partial charge on any atom is -0.493 e. The number of rotatable bonds is 6. The van der Waals surface area contributed by atoms with Gasteiger partial charge < -0.3 is 19.1 Å². The molecule has 1 aromatic heterocycles. The van der Waals surface area contributed by atoms with E-state index in [9.17, 15) is 4.79 Å². The van der Waals surface area contributed by atoms with Gasteiger partial charge in [-0.25, -0.2) is 4.98 Å². The van der Waals surface area contributed by atoms with Gasteiger partial charge in [0, 0.05) is 11.9 Å². The number of aromatic nitrogens is 1. The van der Waals surface area contributed by atoms with E-state index in [1.165, 1.54) is 0 Å². The largest absolute Gasteiger partial charge is 0.493 e. The summed E-state index contributed by atoms with van der Waals surface area (Å²) in [5.41, 5.74) is 1.77. The Kier molecular flexibility index (Phi) is 6.24. The first-order valence-corrected chi connectivity index (χ1v) is 10.8. The van der Waals surface area contributed by atoms with E-state index >= 15 is 0 Å². The van der Waals surface area contributed by atoms with Crippen molar-refractivity contribution in [2.45, 2.75) is 44.9 Å². The fourth-order valence-electron chi connectivity index (χ4n) is 3.84. The average molecular weight is 403 g/mol. The Bertz CT molecular complexity index is 803. The maximum absolute atomic E-state index is 13.0. The van der Waals surface area contributed by atoms with Gasteiger partial charge in [0.25, 0.3) is 0 Å². The number of thiazole rings is 1. The smallest absolute Gasteiger partial charge is 0.229 e. The van der Waals surface area contributed by atoms with Gasteiger partial charge in [-0.15, -0.1) is 11.3 Å². The maximum atomic E-state index is 13.0. The zero-order valence-corrected chi connectivity index (χ0v) is 17.0. The molecule has 0 spiro atoms. The van der Waals surface area contributed by atoms with Crippen LogP contribution in [0.4, 0.5) is 0 Å². The normalized spacial score (nSPS) is 20.5. The molecule has 2 saturated heterocycles. The van der Waals surface area contributed by atoms with Crippen LogP contribution in [0.2, 0.25) is 0 Å². The standard InChI is InChI=1S/C21H26N2O4S/c1-2-25-18-9-4-3-7-16(18)20-22-15(14-28-20)13-19(24)23-10-6-5-8-17(23)21-26-11-12-27-21/h3-4,7,9,14,17,21H,2,5-6,8,10-13H2,1H3. The number of benzene rings is 1. The van der Waals surface area contributed by atoms with Crippen molar-refractivity contribution in [2.24, 2.45) is 0 Å². The molecular weight excluding hydrogens is 376 g/mol. The first kappa shape index (κ1) is 19.4. The summed E-state index contributed by atoms with van der Waals surface area (Å²) in [4.78, 5) is 19.7. The number of ether oxygens (including phenoxy) is 3. The van der Waals surface area contributed by atoms with Gasteiger partial charge in [-0.05, 0) is 38.3 Å². The lowest BCUT2D eigenvalue weighted by molar-refractivity contribution is -0.150. The van der Waals surface area contributed by atoms with Crippen molar-refractivity contribution in [1.82, 2.24) is 9.88 Å². The predicted octanol–water partition coefficient (Wildman–Crippen LogP) is 3.51. The Labute approximate surface area is 169 Å². The molecule has 1 amide bonds. The van der Waals surface area contributed by atoms with Crippen molar-refractivity contribution >= 4 is 17.2 Å². The molecule has 3 heterocycles. The summed E-state index contributed by atoms with van der Waals surface area (Å²) in [6.45, 7) is 4.55. The van der Waals surface area contributed by atoms with Gasteiger partial charge in [0.15, 0.2) is 6.29 Å². The Hall–Kier alpha value is -1.96. The van der Waals surface area contributed by atoms with Crippen LogP contribution in [0.15, 0.2) is 29.6 Å². The van der Waals surface area contributed by atoms with Crippen molar-refractivity contribution in [3.05, 3.63) is 35.3 Å². The Balaban J connectivity index is 1.46. The topological polar surface area (TPSA) is 60.9 Å². The van der Waals surface area contributed by atoms with E-state index in [1.54, 1.807) is 11.3 Å². The molecule has 0 bridgehead atoms. The molecule has 2 aromatic rings. The lowest BCUT2D eigenvalue weighted by Gasteiger charge is -2.38. The highest BCUT2D eigenvalue weighted by Gasteiger charge is 2.36. The summed E-state index contributed by atoms with van der Waals surface area (Å²) in [5, 5.41) is 2.85. The van der Waals surface area contributed by atoms with Gasteiger partial charge in [-0.2, -0.15) is 0 Å². The lowest BCUT2D eigenvalue weighted by atomic mass is 10.0. The van der Waals surface area contributed by atoms with Crippen LogP contribution in [0, 0.1) is 0 Å². The summed E-state index contributed by atoms with van der Waals surface area (Å²) in [6.07, 6.45) is 3.08. The second-order valence-corrected chi connectivity index (χ2v) is 7.87. The number of hydrogen-bond acceptors (Lipinski definition) is 6. The number of carbonyl (C=O) groups excluding carboxylic acids is 1. The van der Waals surface area contributed by atoms with Crippen LogP contribution >= 0.6 is 11.3 Å². The molecule has 0 saturated carbocycles. The third-order valence-electron chi connectivity index (χ3n) is 5.13. The van der Waals surface area contributed by atoms with E-state index in [0.29, 0.717) is 26.2 Å². The molecule has 150 valence electrons. The second-order valence-electron chi connectivity index (χ2n) is 7.01. The monoisotopic (exact) mass is 402 g/mol. The van der Waals surface area contributed by atoms with Gasteiger partial charge >= 0.3 is 0 Å².